The van der Waals surface area contributed by atoms with Gasteiger partial charge < -0.3 is 4.74 Å². The van der Waals surface area contributed by atoms with E-state index < -0.39 is 0 Å². The van der Waals surface area contributed by atoms with E-state index >= 15 is 0 Å². The normalized spacial score (nSPS) is 10.5. The number of benzene rings is 1. The van der Waals surface area contributed by atoms with Crippen molar-refractivity contribution in [1.29, 1.82) is 0 Å². The number of pyridine rings is 1. The first-order chi connectivity index (χ1) is 9.10. The number of carbonyl (C=O) groups is 1. The zero-order chi connectivity index (χ0) is 13.8. The van der Waals surface area contributed by atoms with Crippen LogP contribution in [0.3, 0.4) is 0 Å². The summed E-state index contributed by atoms with van der Waals surface area (Å²) < 4.78 is 5.72. The fourth-order valence-corrected chi connectivity index (χ4v) is 2.05. The molecule has 0 radical (unpaired) electrons. The summed E-state index contributed by atoms with van der Waals surface area (Å²) in [5.74, 6) is 1.82. The number of hydrogen-bond acceptors (Lipinski definition) is 3. The molecule has 1 aromatic heterocycles. The van der Waals surface area contributed by atoms with Crippen LogP contribution < -0.4 is 4.74 Å². The monoisotopic (exact) mass is 255 g/mol. The molecule has 1 heterocycles. The Balaban J connectivity index is 2.23. The quantitative estimate of drug-likeness (QED) is 0.771. The number of nitrogens with zero attached hydrogens (tertiary/aromatic N) is 1. The van der Waals surface area contributed by atoms with Gasteiger partial charge in [0.05, 0.1) is 6.20 Å². The van der Waals surface area contributed by atoms with Crippen molar-refractivity contribution in [3.63, 3.8) is 0 Å². The third-order valence-electron chi connectivity index (χ3n) is 2.97. The Labute approximate surface area is 113 Å². The molecule has 0 saturated carbocycles. The third-order valence-corrected chi connectivity index (χ3v) is 2.97. The molecule has 3 heteroatoms. The number of ether oxygens (including phenoxy) is 1. The van der Waals surface area contributed by atoms with E-state index in [4.69, 9.17) is 4.74 Å². The van der Waals surface area contributed by atoms with Gasteiger partial charge in [-0.2, -0.15) is 0 Å². The van der Waals surface area contributed by atoms with Crippen molar-refractivity contribution in [3.8, 4) is 11.5 Å². The second-order valence-electron chi connectivity index (χ2n) is 4.85. The molecule has 0 bridgehead atoms. The molecule has 2 rings (SSSR count). The van der Waals surface area contributed by atoms with Crippen LogP contribution in [0.15, 0.2) is 36.7 Å². The van der Waals surface area contributed by atoms with Gasteiger partial charge in [0.15, 0.2) is 6.29 Å². The van der Waals surface area contributed by atoms with Gasteiger partial charge in [-0.15, -0.1) is 0 Å². The van der Waals surface area contributed by atoms with Crippen LogP contribution in [-0.2, 0) is 0 Å². The molecule has 0 atom stereocenters. The van der Waals surface area contributed by atoms with E-state index in [1.165, 1.54) is 17.3 Å². The van der Waals surface area contributed by atoms with Crippen LogP contribution >= 0.6 is 0 Å². The lowest BCUT2D eigenvalue weighted by Gasteiger charge is -2.12. The van der Waals surface area contributed by atoms with E-state index in [1.807, 2.05) is 12.1 Å². The summed E-state index contributed by atoms with van der Waals surface area (Å²) in [7, 11) is 0. The number of aryl methyl sites for hydroxylation is 1. The molecule has 0 saturated heterocycles. The lowest BCUT2D eigenvalue weighted by Crippen LogP contribution is -1.93. The van der Waals surface area contributed by atoms with Crippen molar-refractivity contribution in [3.05, 3.63) is 53.3 Å². The van der Waals surface area contributed by atoms with Crippen molar-refractivity contribution in [2.24, 2.45) is 0 Å². The van der Waals surface area contributed by atoms with E-state index in [-0.39, 0.29) is 0 Å². The zero-order valence-corrected chi connectivity index (χ0v) is 11.4. The smallest absolute Gasteiger partial charge is 0.151 e. The van der Waals surface area contributed by atoms with Crippen molar-refractivity contribution < 1.29 is 9.53 Å². The first-order valence-corrected chi connectivity index (χ1v) is 6.29. The number of aromatic nitrogens is 1. The fourth-order valence-electron chi connectivity index (χ4n) is 2.05. The maximum absolute atomic E-state index is 10.7. The minimum atomic E-state index is 0.495. The molecule has 98 valence electrons. The van der Waals surface area contributed by atoms with E-state index in [0.717, 1.165) is 12.0 Å². The summed E-state index contributed by atoms with van der Waals surface area (Å²) in [4.78, 5) is 14.7. The molecule has 2 aromatic rings. The average molecular weight is 255 g/mol. The van der Waals surface area contributed by atoms with Gasteiger partial charge in [-0.1, -0.05) is 19.9 Å². The zero-order valence-electron chi connectivity index (χ0n) is 11.4. The number of rotatable bonds is 4. The van der Waals surface area contributed by atoms with Gasteiger partial charge >= 0.3 is 0 Å². The van der Waals surface area contributed by atoms with Crippen LogP contribution in [0.4, 0.5) is 0 Å². The van der Waals surface area contributed by atoms with Crippen LogP contribution in [0.1, 0.15) is 41.3 Å². The average Bonchev–Trinajstić information content (AvgIpc) is 2.38. The van der Waals surface area contributed by atoms with Crippen molar-refractivity contribution in [2.45, 2.75) is 26.7 Å². The SMILES string of the molecule is Cc1cc(Oc2cncc(C=O)c2)ccc1C(C)C. The van der Waals surface area contributed by atoms with E-state index in [1.54, 1.807) is 12.3 Å². The Morgan fingerprint density at radius 2 is 1.95 bits per heavy atom. The Morgan fingerprint density at radius 3 is 2.58 bits per heavy atom. The van der Waals surface area contributed by atoms with Crippen LogP contribution in [0.2, 0.25) is 0 Å². The third kappa shape index (κ3) is 3.19. The predicted octanol–water partition coefficient (Wildman–Crippen LogP) is 4.12. The van der Waals surface area contributed by atoms with Gasteiger partial charge in [-0.3, -0.25) is 9.78 Å². The number of carbonyl (C=O) groups excluding carboxylic acids is 1. The highest BCUT2D eigenvalue weighted by molar-refractivity contribution is 5.74. The van der Waals surface area contributed by atoms with Gasteiger partial charge in [-0.25, -0.2) is 0 Å². The topological polar surface area (TPSA) is 39.2 Å². The highest BCUT2D eigenvalue weighted by atomic mass is 16.5. The Bertz CT molecular complexity index is 591. The van der Waals surface area contributed by atoms with Gasteiger partial charge in [0, 0.05) is 11.8 Å². The van der Waals surface area contributed by atoms with Crippen LogP contribution in [0.5, 0.6) is 11.5 Å². The van der Waals surface area contributed by atoms with Crippen molar-refractivity contribution in [2.75, 3.05) is 0 Å². The highest BCUT2D eigenvalue weighted by Crippen LogP contribution is 2.26. The molecule has 0 aliphatic carbocycles. The number of hydrogen-bond donors (Lipinski definition) is 0. The Hall–Kier alpha value is -2.16. The molecule has 0 aliphatic heterocycles. The van der Waals surface area contributed by atoms with Crippen LogP contribution in [0.25, 0.3) is 0 Å². The van der Waals surface area contributed by atoms with E-state index in [2.05, 4.69) is 31.8 Å². The second kappa shape index (κ2) is 5.65. The molecule has 3 nitrogen and oxygen atoms in total. The molecule has 0 N–H and O–H groups in total. The van der Waals surface area contributed by atoms with Crippen LogP contribution in [-0.4, -0.2) is 11.3 Å². The summed E-state index contributed by atoms with van der Waals surface area (Å²) in [5, 5.41) is 0. The molecule has 19 heavy (non-hydrogen) atoms. The molecule has 0 amide bonds. The minimum Gasteiger partial charge on any atom is -0.456 e. The largest absolute Gasteiger partial charge is 0.456 e. The van der Waals surface area contributed by atoms with Crippen molar-refractivity contribution >= 4 is 6.29 Å². The molecular formula is C16H17NO2. The number of aldehydes is 1. The fraction of sp³-hybridized carbons (Fsp3) is 0.250. The molecular weight excluding hydrogens is 238 g/mol. The summed E-state index contributed by atoms with van der Waals surface area (Å²) >= 11 is 0. The van der Waals surface area contributed by atoms with Gasteiger partial charge in [-0.05, 0) is 42.2 Å². The Morgan fingerprint density at radius 1 is 1.16 bits per heavy atom. The maximum Gasteiger partial charge on any atom is 0.151 e. The minimum absolute atomic E-state index is 0.495. The molecule has 1 aromatic carbocycles. The van der Waals surface area contributed by atoms with E-state index in [9.17, 15) is 4.79 Å². The first kappa shape index (κ1) is 13.3. The molecule has 0 spiro atoms. The van der Waals surface area contributed by atoms with Crippen molar-refractivity contribution in [1.82, 2.24) is 4.98 Å². The summed E-state index contributed by atoms with van der Waals surface area (Å²) in [5.41, 5.74) is 3.02. The molecule has 0 aliphatic rings. The Kier molecular flexibility index (Phi) is 3.95. The lowest BCUT2D eigenvalue weighted by atomic mass is 9.98. The first-order valence-electron chi connectivity index (χ1n) is 6.29. The van der Waals surface area contributed by atoms with Gasteiger partial charge in [0.1, 0.15) is 11.5 Å². The summed E-state index contributed by atoms with van der Waals surface area (Å²) in [6.45, 7) is 6.41. The molecule has 0 unspecified atom stereocenters. The second-order valence-corrected chi connectivity index (χ2v) is 4.85. The summed E-state index contributed by atoms with van der Waals surface area (Å²) in [6.07, 6.45) is 3.86. The van der Waals surface area contributed by atoms with E-state index in [0.29, 0.717) is 17.2 Å². The maximum atomic E-state index is 10.7. The summed E-state index contributed by atoms with van der Waals surface area (Å²) in [6, 6.07) is 7.69. The van der Waals surface area contributed by atoms with Gasteiger partial charge in [0.25, 0.3) is 0 Å². The highest BCUT2D eigenvalue weighted by Gasteiger charge is 2.06. The van der Waals surface area contributed by atoms with Crippen LogP contribution in [0, 0.1) is 6.92 Å². The van der Waals surface area contributed by atoms with Gasteiger partial charge in [0.2, 0.25) is 0 Å². The lowest BCUT2D eigenvalue weighted by molar-refractivity contribution is 0.112. The predicted molar refractivity (Wildman–Crippen MR) is 75.0 cm³/mol. The molecule has 0 fully saturated rings. The standard InChI is InChI=1S/C16H17NO2/c1-11(2)16-5-4-14(6-12(16)3)19-15-7-13(10-18)8-17-9-15/h4-11H,1-3H3.